The van der Waals surface area contributed by atoms with Crippen molar-refractivity contribution in [2.24, 2.45) is 11.3 Å². The summed E-state index contributed by atoms with van der Waals surface area (Å²) >= 11 is 0. The van der Waals surface area contributed by atoms with Gasteiger partial charge in [0.1, 0.15) is 0 Å². The molecule has 108 valence electrons. The molecule has 0 spiro atoms. The first-order valence-corrected chi connectivity index (χ1v) is 7.13. The predicted octanol–water partition coefficient (Wildman–Crippen LogP) is 1.56. The molecule has 5 nitrogen and oxygen atoms in total. The van der Waals surface area contributed by atoms with Crippen LogP contribution in [0.25, 0.3) is 0 Å². The molecule has 0 aromatic carbocycles. The van der Waals surface area contributed by atoms with E-state index in [2.05, 4.69) is 5.32 Å². The lowest BCUT2D eigenvalue weighted by atomic mass is 9.82. The molecule has 1 heterocycles. The highest BCUT2D eigenvalue weighted by molar-refractivity contribution is 5.82. The zero-order valence-corrected chi connectivity index (χ0v) is 11.5. The van der Waals surface area contributed by atoms with E-state index in [0.717, 1.165) is 32.3 Å². The fourth-order valence-corrected chi connectivity index (χ4v) is 2.96. The molecule has 1 aliphatic heterocycles. The second kappa shape index (κ2) is 5.90. The summed E-state index contributed by atoms with van der Waals surface area (Å²) in [6.07, 6.45) is 4.64. The third-order valence-electron chi connectivity index (χ3n) is 4.40. The van der Waals surface area contributed by atoms with Crippen molar-refractivity contribution in [3.63, 3.8) is 0 Å². The van der Waals surface area contributed by atoms with Gasteiger partial charge in [-0.05, 0) is 45.4 Å². The van der Waals surface area contributed by atoms with Crippen molar-refractivity contribution in [3.8, 4) is 0 Å². The van der Waals surface area contributed by atoms with Gasteiger partial charge < -0.3 is 15.2 Å². The summed E-state index contributed by atoms with van der Waals surface area (Å²) in [5.41, 5.74) is -0.415. The molecular formula is C14H23NO4. The standard InChI is InChI=1S/C14H23NO4/c1-14(7-2-8-19-9-14)13(18)15-11-5-3-10(4-6-11)12(16)17/h10-11H,2-9H2,1H3,(H,15,18)(H,16,17). The number of hydrogen-bond donors (Lipinski definition) is 2. The van der Waals surface area contributed by atoms with E-state index in [-0.39, 0.29) is 17.9 Å². The number of carboxylic acid groups (broad SMARTS) is 1. The molecule has 2 N–H and O–H groups in total. The lowest BCUT2D eigenvalue weighted by molar-refractivity contribution is -0.143. The van der Waals surface area contributed by atoms with Crippen molar-refractivity contribution in [2.45, 2.75) is 51.5 Å². The van der Waals surface area contributed by atoms with Crippen LogP contribution in [0.2, 0.25) is 0 Å². The van der Waals surface area contributed by atoms with Crippen LogP contribution in [-0.2, 0) is 14.3 Å². The maximum Gasteiger partial charge on any atom is 0.306 e. The number of carboxylic acids is 1. The fourth-order valence-electron chi connectivity index (χ4n) is 2.96. The van der Waals surface area contributed by atoms with Crippen LogP contribution in [0.3, 0.4) is 0 Å². The number of hydrogen-bond acceptors (Lipinski definition) is 3. The highest BCUT2D eigenvalue weighted by atomic mass is 16.5. The van der Waals surface area contributed by atoms with Gasteiger partial charge in [-0.3, -0.25) is 9.59 Å². The van der Waals surface area contributed by atoms with Crippen molar-refractivity contribution < 1.29 is 19.4 Å². The molecule has 1 unspecified atom stereocenters. The van der Waals surface area contributed by atoms with Crippen LogP contribution in [0, 0.1) is 11.3 Å². The SMILES string of the molecule is CC1(C(=O)NC2CCC(C(=O)O)CC2)CCCOC1. The zero-order chi connectivity index (χ0) is 13.9. The molecule has 0 aromatic rings. The highest BCUT2D eigenvalue weighted by Crippen LogP contribution is 2.30. The molecule has 2 fully saturated rings. The first-order valence-electron chi connectivity index (χ1n) is 7.13. The van der Waals surface area contributed by atoms with Gasteiger partial charge in [-0.25, -0.2) is 0 Å². The summed E-state index contributed by atoms with van der Waals surface area (Å²) in [7, 11) is 0. The van der Waals surface area contributed by atoms with E-state index in [1.54, 1.807) is 0 Å². The van der Waals surface area contributed by atoms with Gasteiger partial charge in [-0.15, -0.1) is 0 Å². The van der Waals surface area contributed by atoms with Crippen LogP contribution in [0.4, 0.5) is 0 Å². The topological polar surface area (TPSA) is 75.6 Å². The van der Waals surface area contributed by atoms with Crippen LogP contribution < -0.4 is 5.32 Å². The van der Waals surface area contributed by atoms with Gasteiger partial charge in [0.15, 0.2) is 0 Å². The molecule has 1 saturated heterocycles. The van der Waals surface area contributed by atoms with Gasteiger partial charge in [-0.2, -0.15) is 0 Å². The summed E-state index contributed by atoms with van der Waals surface area (Å²) in [4.78, 5) is 23.2. The maximum absolute atomic E-state index is 12.3. The van der Waals surface area contributed by atoms with Gasteiger partial charge in [-0.1, -0.05) is 0 Å². The summed E-state index contributed by atoms with van der Waals surface area (Å²) in [5.74, 6) is -0.884. The first kappa shape index (κ1) is 14.3. The minimum atomic E-state index is -0.711. The summed E-state index contributed by atoms with van der Waals surface area (Å²) in [6.45, 7) is 3.18. The van der Waals surface area contributed by atoms with E-state index in [1.807, 2.05) is 6.92 Å². The molecule has 0 aromatic heterocycles. The van der Waals surface area contributed by atoms with Crippen LogP contribution in [0.15, 0.2) is 0 Å². The molecular weight excluding hydrogens is 246 g/mol. The van der Waals surface area contributed by atoms with E-state index in [1.165, 1.54) is 0 Å². The quantitative estimate of drug-likeness (QED) is 0.815. The van der Waals surface area contributed by atoms with Crippen molar-refractivity contribution >= 4 is 11.9 Å². The molecule has 2 rings (SSSR count). The number of amides is 1. The van der Waals surface area contributed by atoms with Crippen molar-refractivity contribution in [1.29, 1.82) is 0 Å². The van der Waals surface area contributed by atoms with Gasteiger partial charge in [0.25, 0.3) is 0 Å². The number of nitrogens with one attached hydrogen (secondary N) is 1. The molecule has 2 aliphatic rings. The number of rotatable bonds is 3. The molecule has 0 radical (unpaired) electrons. The number of ether oxygens (including phenoxy) is 1. The minimum absolute atomic E-state index is 0.0611. The molecule has 19 heavy (non-hydrogen) atoms. The summed E-state index contributed by atoms with van der Waals surface area (Å²) in [5, 5.41) is 12.0. The Bertz CT molecular complexity index is 341. The Kier molecular flexibility index (Phi) is 4.45. The second-order valence-corrected chi connectivity index (χ2v) is 6.08. The Morgan fingerprint density at radius 1 is 1.26 bits per heavy atom. The van der Waals surface area contributed by atoms with E-state index in [0.29, 0.717) is 19.4 Å². The average molecular weight is 269 g/mol. The first-order chi connectivity index (χ1) is 9.01. The predicted molar refractivity (Wildman–Crippen MR) is 69.7 cm³/mol. The lowest BCUT2D eigenvalue weighted by Gasteiger charge is -2.35. The minimum Gasteiger partial charge on any atom is -0.481 e. The Labute approximate surface area is 113 Å². The Morgan fingerprint density at radius 2 is 1.95 bits per heavy atom. The van der Waals surface area contributed by atoms with Gasteiger partial charge >= 0.3 is 5.97 Å². The molecule has 1 saturated carbocycles. The number of aliphatic carboxylic acids is 1. The highest BCUT2D eigenvalue weighted by Gasteiger charge is 2.37. The van der Waals surface area contributed by atoms with E-state index < -0.39 is 11.4 Å². The monoisotopic (exact) mass is 269 g/mol. The zero-order valence-electron chi connectivity index (χ0n) is 11.5. The van der Waals surface area contributed by atoms with Crippen molar-refractivity contribution in [3.05, 3.63) is 0 Å². The Balaban J connectivity index is 1.82. The molecule has 1 atom stereocenters. The van der Waals surface area contributed by atoms with Gasteiger partial charge in [0.05, 0.1) is 17.9 Å². The normalized spacial score (nSPS) is 35.6. The molecule has 0 bridgehead atoms. The molecule has 5 heteroatoms. The number of carbonyl (C=O) groups is 2. The van der Waals surface area contributed by atoms with Crippen molar-refractivity contribution in [1.82, 2.24) is 5.32 Å². The third-order valence-corrected chi connectivity index (χ3v) is 4.40. The van der Waals surface area contributed by atoms with E-state index >= 15 is 0 Å². The smallest absolute Gasteiger partial charge is 0.306 e. The largest absolute Gasteiger partial charge is 0.481 e. The van der Waals surface area contributed by atoms with Crippen LogP contribution >= 0.6 is 0 Å². The Morgan fingerprint density at radius 3 is 2.47 bits per heavy atom. The molecule has 1 amide bonds. The van der Waals surface area contributed by atoms with Crippen molar-refractivity contribution in [2.75, 3.05) is 13.2 Å². The maximum atomic E-state index is 12.3. The van der Waals surface area contributed by atoms with Gasteiger partial charge in [0.2, 0.25) is 5.91 Å². The fraction of sp³-hybridized carbons (Fsp3) is 0.857. The van der Waals surface area contributed by atoms with E-state index in [4.69, 9.17) is 9.84 Å². The average Bonchev–Trinajstić information content (AvgIpc) is 2.40. The van der Waals surface area contributed by atoms with Crippen LogP contribution in [0.1, 0.15) is 45.4 Å². The van der Waals surface area contributed by atoms with Crippen LogP contribution in [-0.4, -0.2) is 36.2 Å². The van der Waals surface area contributed by atoms with Gasteiger partial charge in [0, 0.05) is 12.6 Å². The third kappa shape index (κ3) is 3.47. The number of carbonyl (C=O) groups excluding carboxylic acids is 1. The second-order valence-electron chi connectivity index (χ2n) is 6.08. The Hall–Kier alpha value is -1.10. The molecule has 1 aliphatic carbocycles. The summed E-state index contributed by atoms with van der Waals surface area (Å²) in [6, 6.07) is 0.127. The lowest BCUT2D eigenvalue weighted by Crippen LogP contribution is -2.49. The summed E-state index contributed by atoms with van der Waals surface area (Å²) < 4.78 is 5.41. The van der Waals surface area contributed by atoms with E-state index in [9.17, 15) is 9.59 Å². The van der Waals surface area contributed by atoms with Crippen LogP contribution in [0.5, 0.6) is 0 Å².